The fourth-order valence-electron chi connectivity index (χ4n) is 6.72. The van der Waals surface area contributed by atoms with E-state index in [1.807, 2.05) is 24.3 Å². The topological polar surface area (TPSA) is 51.6 Å². The van der Waals surface area contributed by atoms with Crippen molar-refractivity contribution in [3.05, 3.63) is 158 Å². The molecule has 0 radical (unpaired) electrons. The zero-order valence-corrected chi connectivity index (χ0v) is 28.2. The van der Waals surface area contributed by atoms with Crippen LogP contribution in [0.5, 0.6) is 0 Å². The summed E-state index contributed by atoms with van der Waals surface area (Å²) >= 11 is 3.46. The van der Waals surface area contributed by atoms with Crippen LogP contribution in [0.3, 0.4) is 0 Å². The smallest absolute Gasteiger partial charge is 0.161 e. The largest absolute Gasteiger partial charge is 0.227 e. The van der Waals surface area contributed by atoms with Gasteiger partial charge in [-0.25, -0.2) is 19.9 Å². The Labute approximate surface area is 296 Å². The molecule has 4 nitrogen and oxygen atoms in total. The summed E-state index contributed by atoms with van der Waals surface area (Å²) in [7, 11) is 0. The van der Waals surface area contributed by atoms with Crippen LogP contribution in [-0.2, 0) is 0 Å². The molecule has 0 aliphatic rings. The van der Waals surface area contributed by atoms with Gasteiger partial charge in [-0.3, -0.25) is 0 Å². The predicted octanol–water partition coefficient (Wildman–Crippen LogP) is 12.3. The van der Waals surface area contributed by atoms with E-state index < -0.39 is 0 Å². The second-order valence-electron chi connectivity index (χ2n) is 12.2. The number of benzene rings is 6. The Morgan fingerprint density at radius 3 is 1.64 bits per heavy atom. The summed E-state index contributed by atoms with van der Waals surface area (Å²) in [4.78, 5) is 21.8. The third kappa shape index (κ3) is 4.88. The van der Waals surface area contributed by atoms with Crippen LogP contribution in [0, 0.1) is 0 Å². The van der Waals surface area contributed by atoms with Crippen molar-refractivity contribution < 1.29 is 0 Å². The highest BCUT2D eigenvalue weighted by molar-refractivity contribution is 7.26. The summed E-state index contributed by atoms with van der Waals surface area (Å²) in [6, 6.07) is 54.9. The SMILES string of the molecule is c1ccc(-c2ccc(-c3nc(-c4cccc(-c5nc(-c6ccccc6)nc6c5sc5ccccc56)c4)c4c(n3)sc3ccccc34)cc2)cc1. The molecule has 4 heterocycles. The second kappa shape index (κ2) is 11.8. The Morgan fingerprint density at radius 1 is 0.360 bits per heavy atom. The average Bonchev–Trinajstić information content (AvgIpc) is 3.76. The monoisotopic (exact) mass is 674 g/mol. The average molecular weight is 675 g/mol. The van der Waals surface area contributed by atoms with Gasteiger partial charge in [0.15, 0.2) is 11.6 Å². The van der Waals surface area contributed by atoms with Gasteiger partial charge in [0.2, 0.25) is 0 Å². The molecular weight excluding hydrogens is 649 g/mol. The van der Waals surface area contributed by atoms with Gasteiger partial charge in [0.05, 0.1) is 21.6 Å². The fourth-order valence-corrected chi connectivity index (χ4v) is 8.95. The van der Waals surface area contributed by atoms with Gasteiger partial charge < -0.3 is 0 Å². The minimum Gasteiger partial charge on any atom is -0.227 e. The van der Waals surface area contributed by atoms with Crippen LogP contribution in [0.1, 0.15) is 0 Å². The molecule has 234 valence electrons. The summed E-state index contributed by atoms with van der Waals surface area (Å²) in [5.41, 5.74) is 9.20. The predicted molar refractivity (Wildman–Crippen MR) is 211 cm³/mol. The summed E-state index contributed by atoms with van der Waals surface area (Å²) in [6.45, 7) is 0. The van der Waals surface area contributed by atoms with E-state index >= 15 is 0 Å². The third-order valence-electron chi connectivity index (χ3n) is 9.15. The molecule has 0 aliphatic heterocycles. The molecule has 50 heavy (non-hydrogen) atoms. The number of hydrogen-bond donors (Lipinski definition) is 0. The van der Waals surface area contributed by atoms with Crippen LogP contribution in [0.25, 0.3) is 97.0 Å². The van der Waals surface area contributed by atoms with Crippen molar-refractivity contribution in [2.75, 3.05) is 0 Å². The van der Waals surface area contributed by atoms with E-state index in [2.05, 4.69) is 133 Å². The Bertz CT molecular complexity index is 2860. The van der Waals surface area contributed by atoms with Crippen molar-refractivity contribution in [1.29, 1.82) is 0 Å². The third-order valence-corrected chi connectivity index (χ3v) is 11.4. The number of rotatable bonds is 5. The van der Waals surface area contributed by atoms with Gasteiger partial charge in [-0.1, -0.05) is 140 Å². The highest BCUT2D eigenvalue weighted by Gasteiger charge is 2.20. The Balaban J connectivity index is 1.18. The van der Waals surface area contributed by atoms with Crippen molar-refractivity contribution in [2.45, 2.75) is 0 Å². The lowest BCUT2D eigenvalue weighted by Crippen LogP contribution is -1.95. The van der Waals surface area contributed by atoms with Crippen molar-refractivity contribution in [3.8, 4) is 56.4 Å². The maximum Gasteiger partial charge on any atom is 0.161 e. The summed E-state index contributed by atoms with van der Waals surface area (Å²) in [6.07, 6.45) is 0. The van der Waals surface area contributed by atoms with Gasteiger partial charge in [-0.2, -0.15) is 0 Å². The lowest BCUT2D eigenvalue weighted by atomic mass is 10.0. The molecule has 10 aromatic rings. The van der Waals surface area contributed by atoms with E-state index in [1.165, 1.54) is 20.3 Å². The lowest BCUT2D eigenvalue weighted by Gasteiger charge is -2.11. The number of nitrogens with zero attached hydrogens (tertiary/aromatic N) is 4. The van der Waals surface area contributed by atoms with E-state index in [0.29, 0.717) is 5.82 Å². The van der Waals surface area contributed by atoms with E-state index in [1.54, 1.807) is 22.7 Å². The molecule has 0 N–H and O–H groups in total. The zero-order valence-electron chi connectivity index (χ0n) is 26.6. The highest BCUT2D eigenvalue weighted by atomic mass is 32.1. The first-order valence-corrected chi connectivity index (χ1v) is 18.1. The van der Waals surface area contributed by atoms with Crippen LogP contribution < -0.4 is 0 Å². The van der Waals surface area contributed by atoms with E-state index in [-0.39, 0.29) is 0 Å². The zero-order chi connectivity index (χ0) is 33.0. The molecule has 0 saturated heterocycles. The molecule has 0 unspecified atom stereocenters. The maximum atomic E-state index is 5.33. The summed E-state index contributed by atoms with van der Waals surface area (Å²) in [5, 5.41) is 3.39. The van der Waals surface area contributed by atoms with E-state index in [4.69, 9.17) is 19.9 Å². The van der Waals surface area contributed by atoms with Crippen LogP contribution >= 0.6 is 22.7 Å². The molecule has 6 heteroatoms. The standard InChI is InChI=1S/C44H26N4S2/c1-3-12-27(13-4-1)28-22-24-30(25-23-28)43-45-38(37-33-18-7-9-20-35(33)50-44(37)48-43)31-16-11-17-32(26-31)39-41-40(34-19-8-10-21-36(34)49-41)47-42(46-39)29-14-5-2-6-15-29/h1-26H. The van der Waals surface area contributed by atoms with Crippen molar-refractivity contribution in [1.82, 2.24) is 19.9 Å². The van der Waals surface area contributed by atoms with E-state index in [9.17, 15) is 0 Å². The number of aromatic nitrogens is 4. The normalized spacial score (nSPS) is 11.6. The van der Waals surface area contributed by atoms with Crippen LogP contribution in [0.15, 0.2) is 158 Å². The van der Waals surface area contributed by atoms with Gasteiger partial charge in [0.1, 0.15) is 4.83 Å². The van der Waals surface area contributed by atoms with Crippen molar-refractivity contribution >= 4 is 63.3 Å². The van der Waals surface area contributed by atoms with Crippen LogP contribution in [0.4, 0.5) is 0 Å². The van der Waals surface area contributed by atoms with Crippen LogP contribution in [-0.4, -0.2) is 19.9 Å². The lowest BCUT2D eigenvalue weighted by molar-refractivity contribution is 1.23. The summed E-state index contributed by atoms with van der Waals surface area (Å²) < 4.78 is 3.47. The Hall–Kier alpha value is -6.08. The molecule has 0 amide bonds. The van der Waals surface area contributed by atoms with Gasteiger partial charge in [0, 0.05) is 47.8 Å². The highest BCUT2D eigenvalue weighted by Crippen LogP contribution is 2.43. The molecule has 0 bridgehead atoms. The van der Waals surface area contributed by atoms with Gasteiger partial charge in [0.25, 0.3) is 0 Å². The molecule has 10 rings (SSSR count). The maximum absolute atomic E-state index is 5.33. The van der Waals surface area contributed by atoms with Gasteiger partial charge >= 0.3 is 0 Å². The molecule has 4 aromatic heterocycles. The minimum atomic E-state index is 0.712. The molecule has 6 aromatic carbocycles. The van der Waals surface area contributed by atoms with E-state index in [0.717, 1.165) is 70.8 Å². The van der Waals surface area contributed by atoms with Gasteiger partial charge in [-0.15, -0.1) is 22.7 Å². The molecule has 0 saturated carbocycles. The minimum absolute atomic E-state index is 0.712. The number of thiophene rings is 2. The van der Waals surface area contributed by atoms with Gasteiger partial charge in [-0.05, 0) is 29.3 Å². The van der Waals surface area contributed by atoms with Crippen molar-refractivity contribution in [3.63, 3.8) is 0 Å². The molecule has 0 fully saturated rings. The molecule has 0 spiro atoms. The number of hydrogen-bond acceptors (Lipinski definition) is 6. The summed E-state index contributed by atoms with van der Waals surface area (Å²) in [5.74, 6) is 1.43. The van der Waals surface area contributed by atoms with Crippen LogP contribution in [0.2, 0.25) is 0 Å². The molecule has 0 atom stereocenters. The molecule has 0 aliphatic carbocycles. The number of fused-ring (bicyclic) bond motifs is 6. The first-order valence-electron chi connectivity index (χ1n) is 16.5. The van der Waals surface area contributed by atoms with Crippen molar-refractivity contribution in [2.24, 2.45) is 0 Å². The Morgan fingerprint density at radius 2 is 0.880 bits per heavy atom. The molecular formula is C44H26N4S2. The first kappa shape index (κ1) is 28.9. The Kier molecular flexibility index (Phi) is 6.82. The fraction of sp³-hybridized carbons (Fsp3) is 0. The quantitative estimate of drug-likeness (QED) is 0.182. The first-order chi connectivity index (χ1) is 24.8. The second-order valence-corrected chi connectivity index (χ2v) is 14.3.